The summed E-state index contributed by atoms with van der Waals surface area (Å²) < 4.78 is 4.95. The van der Waals surface area contributed by atoms with Gasteiger partial charge in [0, 0.05) is 30.3 Å². The van der Waals surface area contributed by atoms with Gasteiger partial charge in [0.25, 0.3) is 23.4 Å². The first-order valence-electron chi connectivity index (χ1n) is 9.62. The Balaban J connectivity index is 1.54. The van der Waals surface area contributed by atoms with Crippen molar-refractivity contribution in [1.29, 1.82) is 0 Å². The maximum absolute atomic E-state index is 12.9. The summed E-state index contributed by atoms with van der Waals surface area (Å²) in [6, 6.07) is 15.3. The number of non-ortho nitro benzene ring substituents is 1. The van der Waals surface area contributed by atoms with Crippen LogP contribution in [0.1, 0.15) is 38.0 Å². The second-order valence-corrected chi connectivity index (χ2v) is 7.05. The quantitative estimate of drug-likeness (QED) is 0.208. The normalized spacial score (nSPS) is 12.3. The third kappa shape index (κ3) is 4.17. The number of anilines is 2. The van der Waals surface area contributed by atoms with Crippen LogP contribution >= 0.6 is 0 Å². The summed E-state index contributed by atoms with van der Waals surface area (Å²) in [5.41, 5.74) is 0.925. The third-order valence-electron chi connectivity index (χ3n) is 4.84. The van der Waals surface area contributed by atoms with Crippen LogP contribution in [0.15, 0.2) is 66.7 Å². The highest BCUT2D eigenvalue weighted by atomic mass is 16.6. The largest absolute Gasteiger partial charge is 0.427 e. The summed E-state index contributed by atoms with van der Waals surface area (Å²) in [5.74, 6) is -1.84. The summed E-state index contributed by atoms with van der Waals surface area (Å²) in [6.45, 7) is 1.26. The van der Waals surface area contributed by atoms with Gasteiger partial charge in [-0.1, -0.05) is 0 Å². The van der Waals surface area contributed by atoms with Crippen molar-refractivity contribution in [2.24, 2.45) is 0 Å². The van der Waals surface area contributed by atoms with Crippen LogP contribution in [0.5, 0.6) is 5.75 Å². The van der Waals surface area contributed by atoms with Gasteiger partial charge in [-0.2, -0.15) is 0 Å². The number of esters is 1. The Morgan fingerprint density at radius 1 is 0.909 bits per heavy atom. The van der Waals surface area contributed by atoms with Crippen molar-refractivity contribution < 1.29 is 28.8 Å². The number of carbonyl (C=O) groups excluding carboxylic acids is 4. The highest BCUT2D eigenvalue weighted by molar-refractivity contribution is 6.34. The molecule has 164 valence electrons. The van der Waals surface area contributed by atoms with Crippen LogP contribution in [0.4, 0.5) is 17.1 Å². The Labute approximate surface area is 186 Å². The number of benzene rings is 3. The van der Waals surface area contributed by atoms with E-state index in [4.69, 9.17) is 4.74 Å². The number of imide groups is 1. The molecule has 4 rings (SSSR count). The molecule has 0 saturated heterocycles. The maximum atomic E-state index is 12.9. The van der Waals surface area contributed by atoms with E-state index >= 15 is 0 Å². The van der Waals surface area contributed by atoms with E-state index in [0.29, 0.717) is 5.69 Å². The zero-order chi connectivity index (χ0) is 23.7. The molecule has 0 atom stereocenters. The summed E-state index contributed by atoms with van der Waals surface area (Å²) in [5, 5.41) is 13.4. The Hall–Kier alpha value is -4.86. The summed E-state index contributed by atoms with van der Waals surface area (Å²) in [7, 11) is 0. The molecular formula is C23H15N3O7. The smallest absolute Gasteiger partial charge is 0.308 e. The van der Waals surface area contributed by atoms with Crippen molar-refractivity contribution in [3.05, 3.63) is 93.5 Å². The molecule has 3 aromatic carbocycles. The molecule has 1 aliphatic heterocycles. The molecule has 1 aliphatic rings. The van der Waals surface area contributed by atoms with Gasteiger partial charge < -0.3 is 10.1 Å². The second-order valence-electron chi connectivity index (χ2n) is 7.05. The molecule has 0 aliphatic carbocycles. The van der Waals surface area contributed by atoms with Crippen LogP contribution in [0.3, 0.4) is 0 Å². The molecule has 0 saturated carbocycles. The molecule has 10 nitrogen and oxygen atoms in total. The second kappa shape index (κ2) is 8.35. The van der Waals surface area contributed by atoms with Crippen molar-refractivity contribution in [3.8, 4) is 5.75 Å². The van der Waals surface area contributed by atoms with Gasteiger partial charge in [-0.05, 0) is 54.6 Å². The molecule has 0 spiro atoms. The molecule has 3 aromatic rings. The third-order valence-corrected chi connectivity index (χ3v) is 4.84. The number of carbonyl (C=O) groups is 4. The lowest BCUT2D eigenvalue weighted by Crippen LogP contribution is -2.29. The molecule has 0 fully saturated rings. The van der Waals surface area contributed by atoms with Gasteiger partial charge in [0.15, 0.2) is 0 Å². The average Bonchev–Trinajstić information content (AvgIpc) is 3.03. The Morgan fingerprint density at radius 2 is 1.55 bits per heavy atom. The van der Waals surface area contributed by atoms with Crippen molar-refractivity contribution in [3.63, 3.8) is 0 Å². The van der Waals surface area contributed by atoms with Crippen molar-refractivity contribution >= 4 is 40.8 Å². The van der Waals surface area contributed by atoms with E-state index in [2.05, 4.69) is 5.32 Å². The van der Waals surface area contributed by atoms with Gasteiger partial charge in [0.2, 0.25) is 0 Å². The lowest BCUT2D eigenvalue weighted by Gasteiger charge is -2.14. The summed E-state index contributed by atoms with van der Waals surface area (Å²) >= 11 is 0. The van der Waals surface area contributed by atoms with E-state index in [-0.39, 0.29) is 33.8 Å². The van der Waals surface area contributed by atoms with Crippen molar-refractivity contribution in [1.82, 2.24) is 0 Å². The highest BCUT2D eigenvalue weighted by Crippen LogP contribution is 2.31. The summed E-state index contributed by atoms with van der Waals surface area (Å²) in [4.78, 5) is 60.4. The maximum Gasteiger partial charge on any atom is 0.308 e. The molecule has 0 bridgehead atoms. The summed E-state index contributed by atoms with van der Waals surface area (Å²) in [6.07, 6.45) is 0. The topological polar surface area (TPSA) is 136 Å². The highest BCUT2D eigenvalue weighted by Gasteiger charge is 2.37. The first-order chi connectivity index (χ1) is 15.7. The van der Waals surface area contributed by atoms with Gasteiger partial charge in [0.05, 0.1) is 21.7 Å². The van der Waals surface area contributed by atoms with Gasteiger partial charge in [-0.3, -0.25) is 29.3 Å². The van der Waals surface area contributed by atoms with E-state index in [9.17, 15) is 29.3 Å². The molecule has 1 N–H and O–H groups in total. The minimum Gasteiger partial charge on any atom is -0.427 e. The van der Waals surface area contributed by atoms with Crippen LogP contribution in [0.2, 0.25) is 0 Å². The van der Waals surface area contributed by atoms with Crippen LogP contribution in [0.25, 0.3) is 0 Å². The fourth-order valence-electron chi connectivity index (χ4n) is 3.32. The lowest BCUT2D eigenvalue weighted by atomic mass is 10.1. The Kier molecular flexibility index (Phi) is 5.41. The SMILES string of the molecule is CC(=O)Oc1ccc(N2C(=O)c3ccc(NC(=O)c4ccc([N+](=O)[O-])cc4)cc3C2=O)cc1. The van der Waals surface area contributed by atoms with Crippen LogP contribution < -0.4 is 15.0 Å². The monoisotopic (exact) mass is 445 g/mol. The number of nitro benzene ring substituents is 1. The number of rotatable bonds is 5. The minimum absolute atomic E-state index is 0.116. The number of nitrogens with zero attached hydrogens (tertiary/aromatic N) is 2. The van der Waals surface area contributed by atoms with Crippen LogP contribution in [0, 0.1) is 10.1 Å². The molecule has 10 heteroatoms. The number of hydrogen-bond acceptors (Lipinski definition) is 7. The van der Waals surface area contributed by atoms with Crippen molar-refractivity contribution in [2.45, 2.75) is 6.92 Å². The predicted octanol–water partition coefficient (Wildman–Crippen LogP) is 3.57. The minimum atomic E-state index is -0.569. The number of nitrogens with one attached hydrogen (secondary N) is 1. The molecule has 3 amide bonds. The van der Waals surface area contributed by atoms with Crippen LogP contribution in [-0.4, -0.2) is 28.6 Å². The van der Waals surface area contributed by atoms with Gasteiger partial charge in [-0.25, -0.2) is 4.90 Å². The molecule has 0 aromatic heterocycles. The zero-order valence-electron chi connectivity index (χ0n) is 17.1. The Morgan fingerprint density at radius 3 is 2.15 bits per heavy atom. The van der Waals surface area contributed by atoms with Gasteiger partial charge in [-0.15, -0.1) is 0 Å². The standard InChI is InChI=1S/C23H15N3O7/c1-13(27)33-18-9-7-16(8-10-18)25-22(29)19-11-4-15(12-20(19)23(25)30)24-21(28)14-2-5-17(6-3-14)26(31)32/h2-12H,1H3,(H,24,28). The van der Waals surface area contributed by atoms with Crippen molar-refractivity contribution in [2.75, 3.05) is 10.2 Å². The van der Waals surface area contributed by atoms with Gasteiger partial charge >= 0.3 is 5.97 Å². The van der Waals surface area contributed by atoms with Crippen LogP contribution in [-0.2, 0) is 4.79 Å². The van der Waals surface area contributed by atoms with E-state index in [0.717, 1.165) is 4.90 Å². The molecule has 1 heterocycles. The number of nitro groups is 1. The van der Waals surface area contributed by atoms with E-state index < -0.39 is 28.6 Å². The van der Waals surface area contributed by atoms with E-state index in [1.54, 1.807) is 0 Å². The Bertz CT molecular complexity index is 1310. The molecular weight excluding hydrogens is 430 g/mol. The first kappa shape index (κ1) is 21.4. The number of hydrogen-bond donors (Lipinski definition) is 1. The number of amides is 3. The molecule has 33 heavy (non-hydrogen) atoms. The lowest BCUT2D eigenvalue weighted by molar-refractivity contribution is -0.384. The number of fused-ring (bicyclic) bond motifs is 1. The fourth-order valence-corrected chi connectivity index (χ4v) is 3.32. The number of ether oxygens (including phenoxy) is 1. The first-order valence-corrected chi connectivity index (χ1v) is 9.62. The van der Waals surface area contributed by atoms with Gasteiger partial charge in [0.1, 0.15) is 5.75 Å². The van der Waals surface area contributed by atoms with E-state index in [1.165, 1.54) is 73.7 Å². The zero-order valence-corrected chi connectivity index (χ0v) is 17.1. The predicted molar refractivity (Wildman–Crippen MR) is 116 cm³/mol. The van der Waals surface area contributed by atoms with E-state index in [1.807, 2.05) is 0 Å². The molecule has 0 unspecified atom stereocenters. The average molecular weight is 445 g/mol. The fraction of sp³-hybridized carbons (Fsp3) is 0.0435. The molecule has 0 radical (unpaired) electrons.